The van der Waals surface area contributed by atoms with Crippen molar-refractivity contribution in [3.63, 3.8) is 0 Å². The Labute approximate surface area is 61.7 Å². The van der Waals surface area contributed by atoms with E-state index >= 15 is 0 Å². The quantitative estimate of drug-likeness (QED) is 0.620. The van der Waals surface area contributed by atoms with Gasteiger partial charge in [0.25, 0.3) is 0 Å². The van der Waals surface area contributed by atoms with E-state index in [9.17, 15) is 0 Å². The average Bonchev–Trinajstić information content (AvgIpc) is 2.41. The summed E-state index contributed by atoms with van der Waals surface area (Å²) in [6, 6.07) is 0.504. The van der Waals surface area contributed by atoms with E-state index in [1.54, 1.807) is 0 Å². The molecule has 0 aromatic rings. The Morgan fingerprint density at radius 2 is 2.10 bits per heavy atom. The Balaban J connectivity index is 1.74. The first kappa shape index (κ1) is 6.62. The van der Waals surface area contributed by atoms with Crippen LogP contribution in [0.15, 0.2) is 0 Å². The lowest BCUT2D eigenvalue weighted by Crippen LogP contribution is -2.36. The monoisotopic (exact) mass is 141 g/mol. The largest absolute Gasteiger partial charge is 0.378 e. The Hall–Kier alpha value is -0.0800. The van der Waals surface area contributed by atoms with Gasteiger partial charge in [-0.1, -0.05) is 0 Å². The van der Waals surface area contributed by atoms with Crippen LogP contribution >= 0.6 is 0 Å². The highest BCUT2D eigenvalue weighted by Gasteiger charge is 2.60. The second-order valence-corrected chi connectivity index (χ2v) is 3.66. The Kier molecular flexibility index (Phi) is 1.29. The third kappa shape index (κ3) is 0.789. The van der Waals surface area contributed by atoms with Crippen molar-refractivity contribution in [2.45, 2.75) is 38.3 Å². The predicted molar refractivity (Wildman–Crippen MR) is 39.7 cm³/mol. The third-order valence-corrected chi connectivity index (χ3v) is 2.92. The van der Waals surface area contributed by atoms with Crippen molar-refractivity contribution < 1.29 is 4.74 Å². The van der Waals surface area contributed by atoms with E-state index in [2.05, 4.69) is 6.92 Å². The van der Waals surface area contributed by atoms with E-state index in [0.29, 0.717) is 17.6 Å². The Bertz CT molecular complexity index is 140. The van der Waals surface area contributed by atoms with Crippen LogP contribution < -0.4 is 5.73 Å². The first-order valence-electron chi connectivity index (χ1n) is 4.14. The van der Waals surface area contributed by atoms with Crippen LogP contribution in [0, 0.1) is 5.41 Å². The van der Waals surface area contributed by atoms with Crippen LogP contribution in [0.1, 0.15) is 26.2 Å². The van der Waals surface area contributed by atoms with Gasteiger partial charge in [0.1, 0.15) is 0 Å². The van der Waals surface area contributed by atoms with Gasteiger partial charge in [-0.2, -0.15) is 0 Å². The van der Waals surface area contributed by atoms with Gasteiger partial charge in [-0.05, 0) is 31.6 Å². The zero-order valence-electron chi connectivity index (χ0n) is 6.47. The number of hydrogen-bond donors (Lipinski definition) is 1. The summed E-state index contributed by atoms with van der Waals surface area (Å²) in [5.74, 6) is 0. The van der Waals surface area contributed by atoms with Crippen molar-refractivity contribution in [3.8, 4) is 0 Å². The molecule has 2 saturated carbocycles. The standard InChI is InChI=1S/C8H15NO/c1-2-10-6-3-8(4-6)5-7(8)9/h6-7H,2-5,9H2,1H3. The van der Waals surface area contributed by atoms with Gasteiger partial charge in [0.05, 0.1) is 6.10 Å². The number of rotatable bonds is 2. The van der Waals surface area contributed by atoms with Gasteiger partial charge in [0.15, 0.2) is 0 Å². The summed E-state index contributed by atoms with van der Waals surface area (Å²) in [7, 11) is 0. The summed E-state index contributed by atoms with van der Waals surface area (Å²) in [6.07, 6.45) is 4.24. The van der Waals surface area contributed by atoms with Gasteiger partial charge in [0.2, 0.25) is 0 Å². The van der Waals surface area contributed by atoms with E-state index in [-0.39, 0.29) is 0 Å². The number of nitrogens with two attached hydrogens (primary N) is 1. The lowest BCUT2D eigenvalue weighted by atomic mass is 9.78. The molecule has 2 aliphatic carbocycles. The molecule has 0 amide bonds. The van der Waals surface area contributed by atoms with E-state index < -0.39 is 0 Å². The second-order valence-electron chi connectivity index (χ2n) is 3.66. The molecule has 1 atom stereocenters. The van der Waals surface area contributed by atoms with Crippen LogP contribution in [-0.4, -0.2) is 18.8 Å². The van der Waals surface area contributed by atoms with Gasteiger partial charge in [-0.3, -0.25) is 0 Å². The highest BCUT2D eigenvalue weighted by molar-refractivity contribution is 5.14. The lowest BCUT2D eigenvalue weighted by Gasteiger charge is -2.35. The first-order valence-corrected chi connectivity index (χ1v) is 4.14. The minimum Gasteiger partial charge on any atom is -0.378 e. The van der Waals surface area contributed by atoms with Gasteiger partial charge in [0, 0.05) is 12.6 Å². The summed E-state index contributed by atoms with van der Waals surface area (Å²) in [6.45, 7) is 2.91. The zero-order valence-corrected chi connectivity index (χ0v) is 6.47. The molecular formula is C8H15NO. The molecule has 10 heavy (non-hydrogen) atoms. The molecule has 0 radical (unpaired) electrons. The molecule has 2 nitrogen and oxygen atoms in total. The fourth-order valence-corrected chi connectivity index (χ4v) is 2.05. The fourth-order valence-electron chi connectivity index (χ4n) is 2.05. The predicted octanol–water partition coefficient (Wildman–Crippen LogP) is 0.903. The molecule has 2 fully saturated rings. The maximum atomic E-state index is 5.77. The molecule has 0 heterocycles. The molecule has 1 unspecified atom stereocenters. The lowest BCUT2D eigenvalue weighted by molar-refractivity contribution is -0.0363. The molecule has 0 aromatic carbocycles. The second kappa shape index (κ2) is 1.95. The first-order chi connectivity index (χ1) is 4.77. The fraction of sp³-hybridized carbons (Fsp3) is 1.00. The van der Waals surface area contributed by atoms with Crippen molar-refractivity contribution in [3.05, 3.63) is 0 Å². The highest BCUT2D eigenvalue weighted by atomic mass is 16.5. The van der Waals surface area contributed by atoms with Crippen molar-refractivity contribution in [2.75, 3.05) is 6.61 Å². The summed E-state index contributed by atoms with van der Waals surface area (Å²) >= 11 is 0. The molecule has 0 bridgehead atoms. The summed E-state index contributed by atoms with van der Waals surface area (Å²) in [5.41, 5.74) is 6.32. The molecular weight excluding hydrogens is 126 g/mol. The smallest absolute Gasteiger partial charge is 0.0586 e. The number of hydrogen-bond acceptors (Lipinski definition) is 2. The molecule has 0 saturated heterocycles. The Morgan fingerprint density at radius 1 is 1.50 bits per heavy atom. The molecule has 0 aliphatic heterocycles. The maximum absolute atomic E-state index is 5.77. The van der Waals surface area contributed by atoms with Crippen LogP contribution in [0.5, 0.6) is 0 Å². The molecule has 2 N–H and O–H groups in total. The van der Waals surface area contributed by atoms with Crippen molar-refractivity contribution in [1.29, 1.82) is 0 Å². The third-order valence-electron chi connectivity index (χ3n) is 2.92. The van der Waals surface area contributed by atoms with Crippen LogP contribution in [0.3, 0.4) is 0 Å². The van der Waals surface area contributed by atoms with Gasteiger partial charge >= 0.3 is 0 Å². The summed E-state index contributed by atoms with van der Waals surface area (Å²) in [4.78, 5) is 0. The summed E-state index contributed by atoms with van der Waals surface area (Å²) in [5, 5.41) is 0. The molecule has 1 spiro atoms. The zero-order chi connectivity index (χ0) is 7.19. The van der Waals surface area contributed by atoms with Gasteiger partial charge < -0.3 is 10.5 Å². The van der Waals surface area contributed by atoms with Crippen molar-refractivity contribution in [1.82, 2.24) is 0 Å². The van der Waals surface area contributed by atoms with Crippen molar-refractivity contribution >= 4 is 0 Å². The van der Waals surface area contributed by atoms with Crippen molar-refractivity contribution in [2.24, 2.45) is 11.1 Å². The van der Waals surface area contributed by atoms with E-state index in [4.69, 9.17) is 10.5 Å². The van der Waals surface area contributed by atoms with Crippen LogP contribution in [-0.2, 0) is 4.74 Å². The minimum atomic E-state index is 0.504. The van der Waals surface area contributed by atoms with E-state index in [0.717, 1.165) is 6.61 Å². The Morgan fingerprint density at radius 3 is 2.50 bits per heavy atom. The van der Waals surface area contributed by atoms with Crippen LogP contribution in [0.2, 0.25) is 0 Å². The molecule has 2 rings (SSSR count). The average molecular weight is 141 g/mol. The van der Waals surface area contributed by atoms with E-state index in [1.807, 2.05) is 0 Å². The van der Waals surface area contributed by atoms with Gasteiger partial charge in [-0.25, -0.2) is 0 Å². The highest BCUT2D eigenvalue weighted by Crippen LogP contribution is 2.60. The number of ether oxygens (including phenoxy) is 1. The molecule has 0 aromatic heterocycles. The SMILES string of the molecule is CCOC1CC2(C1)CC2N. The topological polar surface area (TPSA) is 35.2 Å². The molecule has 2 aliphatic rings. The van der Waals surface area contributed by atoms with E-state index in [1.165, 1.54) is 19.3 Å². The maximum Gasteiger partial charge on any atom is 0.0586 e. The molecule has 58 valence electrons. The minimum absolute atomic E-state index is 0.504. The van der Waals surface area contributed by atoms with Gasteiger partial charge in [-0.15, -0.1) is 0 Å². The molecule has 2 heteroatoms. The van der Waals surface area contributed by atoms with Crippen LogP contribution in [0.25, 0.3) is 0 Å². The van der Waals surface area contributed by atoms with Crippen LogP contribution in [0.4, 0.5) is 0 Å². The summed E-state index contributed by atoms with van der Waals surface area (Å²) < 4.78 is 5.45. The normalized spacial score (nSPS) is 51.0.